The summed E-state index contributed by atoms with van der Waals surface area (Å²) in [6.07, 6.45) is 0. The summed E-state index contributed by atoms with van der Waals surface area (Å²) in [7, 11) is 0. The highest BCUT2D eigenvalue weighted by Gasteiger charge is 2.18. The fourth-order valence-corrected chi connectivity index (χ4v) is 2.77. The van der Waals surface area contributed by atoms with Crippen LogP contribution in [-0.2, 0) is 11.3 Å². The highest BCUT2D eigenvalue weighted by atomic mass is 35.5. The molecular weight excluding hydrogens is 296 g/mol. The minimum atomic E-state index is -0.370. The Bertz CT molecular complexity index is 629. The lowest BCUT2D eigenvalue weighted by Crippen LogP contribution is -2.23. The number of aromatic nitrogens is 3. The second-order valence-corrected chi connectivity index (χ2v) is 5.97. The summed E-state index contributed by atoms with van der Waals surface area (Å²) < 4.78 is 1.94. The van der Waals surface area contributed by atoms with Gasteiger partial charge in [-0.3, -0.25) is 4.79 Å². The molecule has 0 spiro atoms. The summed E-state index contributed by atoms with van der Waals surface area (Å²) in [5, 5.41) is 9.30. The summed E-state index contributed by atoms with van der Waals surface area (Å²) in [6.45, 7) is 4.44. The van der Waals surface area contributed by atoms with Crippen molar-refractivity contribution in [1.29, 1.82) is 0 Å². The molecule has 2 rings (SSSR count). The number of benzene rings is 1. The van der Waals surface area contributed by atoms with Gasteiger partial charge in [0, 0.05) is 17.1 Å². The number of carbonyl (C=O) groups excluding carboxylic acids is 1. The van der Waals surface area contributed by atoms with Crippen LogP contribution in [0.25, 0.3) is 11.4 Å². The van der Waals surface area contributed by atoms with Crippen molar-refractivity contribution in [3.8, 4) is 11.4 Å². The topological polar surface area (TPSA) is 73.8 Å². The van der Waals surface area contributed by atoms with E-state index in [0.717, 1.165) is 11.4 Å². The molecule has 0 aliphatic carbocycles. The number of carbonyl (C=O) groups is 1. The van der Waals surface area contributed by atoms with Crippen LogP contribution in [0.5, 0.6) is 0 Å². The van der Waals surface area contributed by atoms with Crippen molar-refractivity contribution < 1.29 is 4.79 Å². The molecule has 1 aromatic heterocycles. The monoisotopic (exact) mass is 310 g/mol. The Morgan fingerprint density at radius 2 is 2.25 bits per heavy atom. The summed E-state index contributed by atoms with van der Waals surface area (Å²) >= 11 is 7.30. The molecule has 0 unspecified atom stereocenters. The third-order valence-corrected chi connectivity index (χ3v) is 4.13. The molecule has 0 aliphatic heterocycles. The quantitative estimate of drug-likeness (QED) is 0.861. The van der Waals surface area contributed by atoms with Gasteiger partial charge in [0.25, 0.3) is 0 Å². The van der Waals surface area contributed by atoms with Crippen molar-refractivity contribution in [1.82, 2.24) is 14.8 Å². The van der Waals surface area contributed by atoms with Crippen LogP contribution < -0.4 is 5.73 Å². The molecule has 7 heteroatoms. The smallest absolute Gasteiger partial charge is 0.230 e. The van der Waals surface area contributed by atoms with Gasteiger partial charge in [0.15, 0.2) is 11.0 Å². The third kappa shape index (κ3) is 3.13. The Hall–Kier alpha value is -1.53. The van der Waals surface area contributed by atoms with Gasteiger partial charge in [0.05, 0.1) is 5.25 Å². The first kappa shape index (κ1) is 14.9. The zero-order valence-electron chi connectivity index (χ0n) is 11.2. The number of nitrogens with zero attached hydrogens (tertiary/aromatic N) is 3. The van der Waals surface area contributed by atoms with Gasteiger partial charge in [-0.25, -0.2) is 0 Å². The number of hydrogen-bond acceptors (Lipinski definition) is 4. The number of hydrogen-bond donors (Lipinski definition) is 1. The fourth-order valence-electron chi connectivity index (χ4n) is 1.72. The fraction of sp³-hybridized carbons (Fsp3) is 0.308. The average molecular weight is 311 g/mol. The maximum absolute atomic E-state index is 11.2. The Balaban J connectivity index is 2.37. The summed E-state index contributed by atoms with van der Waals surface area (Å²) in [6, 6.07) is 7.44. The maximum atomic E-state index is 11.2. The highest BCUT2D eigenvalue weighted by Crippen LogP contribution is 2.27. The number of amides is 1. The summed E-state index contributed by atoms with van der Waals surface area (Å²) in [5.41, 5.74) is 6.17. The average Bonchev–Trinajstić information content (AvgIpc) is 2.81. The van der Waals surface area contributed by atoms with Crippen LogP contribution in [0.3, 0.4) is 0 Å². The van der Waals surface area contributed by atoms with Crippen LogP contribution >= 0.6 is 23.4 Å². The van der Waals surface area contributed by atoms with Crippen molar-refractivity contribution in [2.24, 2.45) is 5.73 Å². The molecule has 20 heavy (non-hydrogen) atoms. The van der Waals surface area contributed by atoms with Gasteiger partial charge >= 0.3 is 0 Å². The molecule has 106 valence electrons. The lowest BCUT2D eigenvalue weighted by atomic mass is 10.2. The van der Waals surface area contributed by atoms with E-state index in [1.54, 1.807) is 6.92 Å². The number of halogens is 1. The second-order valence-electron chi connectivity index (χ2n) is 4.22. The molecule has 0 radical (unpaired) electrons. The van der Waals surface area contributed by atoms with Gasteiger partial charge < -0.3 is 10.3 Å². The van der Waals surface area contributed by atoms with Gasteiger partial charge in [-0.15, -0.1) is 10.2 Å². The van der Waals surface area contributed by atoms with E-state index in [1.165, 1.54) is 11.8 Å². The van der Waals surface area contributed by atoms with E-state index in [-0.39, 0.29) is 11.2 Å². The van der Waals surface area contributed by atoms with Crippen LogP contribution in [0.15, 0.2) is 29.4 Å². The van der Waals surface area contributed by atoms with E-state index in [4.69, 9.17) is 17.3 Å². The van der Waals surface area contributed by atoms with Crippen molar-refractivity contribution in [3.05, 3.63) is 29.3 Å². The molecule has 5 nitrogen and oxygen atoms in total. The molecule has 0 bridgehead atoms. The Kier molecular flexibility index (Phi) is 4.67. The van der Waals surface area contributed by atoms with E-state index in [2.05, 4.69) is 10.2 Å². The van der Waals surface area contributed by atoms with Crippen molar-refractivity contribution >= 4 is 29.3 Å². The SMILES string of the molecule is CCn1c(S[C@H](C)C(N)=O)nnc1-c1cccc(Cl)c1. The molecule has 0 saturated heterocycles. The van der Waals surface area contributed by atoms with Crippen LogP contribution in [0.1, 0.15) is 13.8 Å². The molecular formula is C13H15ClN4OS. The van der Waals surface area contributed by atoms with Crippen molar-refractivity contribution in [3.63, 3.8) is 0 Å². The van der Waals surface area contributed by atoms with E-state index in [1.807, 2.05) is 35.8 Å². The van der Waals surface area contributed by atoms with Gasteiger partial charge in [0.2, 0.25) is 5.91 Å². The molecule has 0 saturated carbocycles. The first-order valence-corrected chi connectivity index (χ1v) is 7.43. The number of rotatable bonds is 5. The zero-order chi connectivity index (χ0) is 14.7. The molecule has 1 heterocycles. The first-order valence-electron chi connectivity index (χ1n) is 6.18. The number of thioether (sulfide) groups is 1. The molecule has 0 aliphatic rings. The van der Waals surface area contributed by atoms with Crippen LogP contribution in [0, 0.1) is 0 Å². The van der Waals surface area contributed by atoms with E-state index < -0.39 is 0 Å². The zero-order valence-corrected chi connectivity index (χ0v) is 12.8. The summed E-state index contributed by atoms with van der Waals surface area (Å²) in [5.74, 6) is 0.360. The minimum absolute atomic E-state index is 0.350. The lowest BCUT2D eigenvalue weighted by molar-refractivity contribution is -0.117. The molecule has 1 amide bonds. The largest absolute Gasteiger partial charge is 0.369 e. The van der Waals surface area contributed by atoms with E-state index >= 15 is 0 Å². The molecule has 2 aromatic rings. The Morgan fingerprint density at radius 3 is 2.85 bits per heavy atom. The predicted molar refractivity (Wildman–Crippen MR) is 80.7 cm³/mol. The predicted octanol–water partition coefficient (Wildman–Crippen LogP) is 2.58. The molecule has 0 fully saturated rings. The first-order chi connectivity index (χ1) is 9.52. The van der Waals surface area contributed by atoms with Gasteiger partial charge in [-0.2, -0.15) is 0 Å². The van der Waals surface area contributed by atoms with Crippen molar-refractivity contribution in [2.75, 3.05) is 0 Å². The highest BCUT2D eigenvalue weighted by molar-refractivity contribution is 8.00. The van der Waals surface area contributed by atoms with Gasteiger partial charge in [-0.1, -0.05) is 35.5 Å². The van der Waals surface area contributed by atoms with E-state index in [0.29, 0.717) is 16.7 Å². The van der Waals surface area contributed by atoms with Crippen LogP contribution in [-0.4, -0.2) is 25.9 Å². The molecule has 2 N–H and O–H groups in total. The standard InChI is InChI=1S/C13H15ClN4OS/c1-3-18-12(9-5-4-6-10(14)7-9)16-17-13(18)20-8(2)11(15)19/h4-8H,3H2,1-2H3,(H2,15,19)/t8-/m1/s1. The van der Waals surface area contributed by atoms with Crippen LogP contribution in [0.2, 0.25) is 5.02 Å². The van der Waals surface area contributed by atoms with Gasteiger partial charge in [0.1, 0.15) is 0 Å². The Labute approximate surface area is 126 Å². The van der Waals surface area contributed by atoms with Gasteiger partial charge in [-0.05, 0) is 26.0 Å². The second kappa shape index (κ2) is 6.28. The molecule has 1 atom stereocenters. The normalized spacial score (nSPS) is 12.3. The van der Waals surface area contributed by atoms with E-state index in [9.17, 15) is 4.79 Å². The summed E-state index contributed by atoms with van der Waals surface area (Å²) in [4.78, 5) is 11.2. The lowest BCUT2D eigenvalue weighted by Gasteiger charge is -2.09. The maximum Gasteiger partial charge on any atom is 0.230 e. The Morgan fingerprint density at radius 1 is 1.50 bits per heavy atom. The van der Waals surface area contributed by atoms with Crippen molar-refractivity contribution in [2.45, 2.75) is 30.8 Å². The minimum Gasteiger partial charge on any atom is -0.369 e. The third-order valence-electron chi connectivity index (χ3n) is 2.80. The number of primary amides is 1. The van der Waals surface area contributed by atoms with Crippen LogP contribution in [0.4, 0.5) is 0 Å². The molecule has 1 aromatic carbocycles. The number of nitrogens with two attached hydrogens (primary N) is 1.